The van der Waals surface area contributed by atoms with Crippen LogP contribution >= 0.6 is 0 Å². The van der Waals surface area contributed by atoms with Gasteiger partial charge >= 0.3 is 6.03 Å². The Hall–Kier alpha value is -2.93. The predicted octanol–water partition coefficient (Wildman–Crippen LogP) is 2.37. The first-order chi connectivity index (χ1) is 11.1. The molecule has 0 unspecified atom stereocenters. The van der Waals surface area contributed by atoms with Gasteiger partial charge in [-0.15, -0.1) is 0 Å². The monoisotopic (exact) mass is 317 g/mol. The van der Waals surface area contributed by atoms with Gasteiger partial charge in [0.1, 0.15) is 12.4 Å². The van der Waals surface area contributed by atoms with Crippen LogP contribution in [-0.2, 0) is 11.3 Å². The molecule has 2 aromatic rings. The zero-order chi connectivity index (χ0) is 16.7. The molecule has 3 amide bonds. The highest BCUT2D eigenvalue weighted by molar-refractivity contribution is 5.92. The molecule has 0 heterocycles. The lowest BCUT2D eigenvalue weighted by Crippen LogP contribution is -2.41. The molecule has 0 fully saturated rings. The van der Waals surface area contributed by atoms with Crippen molar-refractivity contribution in [2.45, 2.75) is 6.54 Å². The number of urea groups is 1. The molecule has 0 bridgehead atoms. The molecule has 3 N–H and O–H groups in total. The van der Waals surface area contributed by atoms with Crippen LogP contribution in [0.4, 0.5) is 14.9 Å². The summed E-state index contributed by atoms with van der Waals surface area (Å²) in [5.41, 5.74) is 2.73. The zero-order valence-corrected chi connectivity index (χ0v) is 12.2. The average molecular weight is 317 g/mol. The second-order valence-electron chi connectivity index (χ2n) is 4.81. The van der Waals surface area contributed by atoms with E-state index in [0.717, 1.165) is 5.56 Å². The van der Waals surface area contributed by atoms with Crippen molar-refractivity contribution < 1.29 is 19.2 Å². The van der Waals surface area contributed by atoms with Crippen molar-refractivity contribution in [1.29, 1.82) is 0 Å². The molecule has 0 aliphatic heterocycles. The number of nitrogens with one attached hydrogen (secondary N) is 2. The van der Waals surface area contributed by atoms with Gasteiger partial charge in [-0.25, -0.2) is 14.7 Å². The van der Waals surface area contributed by atoms with Gasteiger partial charge in [0.15, 0.2) is 0 Å². The van der Waals surface area contributed by atoms with E-state index in [0.29, 0.717) is 5.69 Å². The first-order valence-electron chi connectivity index (χ1n) is 6.87. The van der Waals surface area contributed by atoms with Gasteiger partial charge in [-0.3, -0.25) is 10.0 Å². The number of carbonyl (C=O) groups is 2. The fraction of sp³-hybridized carbons (Fsp3) is 0.125. The van der Waals surface area contributed by atoms with Gasteiger partial charge in [0.2, 0.25) is 0 Å². The number of rotatable bonds is 5. The number of nitrogens with zero attached hydrogens (tertiary/aromatic N) is 1. The van der Waals surface area contributed by atoms with E-state index in [1.54, 1.807) is 0 Å². The summed E-state index contributed by atoms with van der Waals surface area (Å²) in [6.07, 6.45) is 0. The second kappa shape index (κ2) is 7.90. The van der Waals surface area contributed by atoms with E-state index in [-0.39, 0.29) is 13.1 Å². The minimum Gasteiger partial charge on any atom is -0.311 e. The average Bonchev–Trinajstić information content (AvgIpc) is 2.57. The second-order valence-corrected chi connectivity index (χ2v) is 4.81. The zero-order valence-electron chi connectivity index (χ0n) is 12.2. The van der Waals surface area contributed by atoms with Gasteiger partial charge in [0.05, 0.1) is 0 Å². The Morgan fingerprint density at radius 3 is 2.30 bits per heavy atom. The lowest BCUT2D eigenvalue weighted by molar-refractivity contribution is -0.129. The fourth-order valence-electron chi connectivity index (χ4n) is 1.95. The number of hydroxylamine groups is 1. The van der Waals surface area contributed by atoms with Crippen LogP contribution in [0.2, 0.25) is 0 Å². The molecule has 0 aliphatic rings. The van der Waals surface area contributed by atoms with Crippen molar-refractivity contribution in [1.82, 2.24) is 10.4 Å². The summed E-state index contributed by atoms with van der Waals surface area (Å²) in [6.45, 7) is -0.139. The first-order valence-corrected chi connectivity index (χ1v) is 6.87. The number of benzene rings is 2. The predicted molar refractivity (Wildman–Crippen MR) is 82.2 cm³/mol. The van der Waals surface area contributed by atoms with Crippen molar-refractivity contribution >= 4 is 17.6 Å². The molecule has 0 spiro atoms. The maximum absolute atomic E-state index is 12.9. The normalized spacial score (nSPS) is 10.0. The van der Waals surface area contributed by atoms with Crippen LogP contribution < -0.4 is 10.8 Å². The third-order valence-corrected chi connectivity index (χ3v) is 3.06. The van der Waals surface area contributed by atoms with Gasteiger partial charge in [0.25, 0.3) is 5.91 Å². The molecule has 120 valence electrons. The summed E-state index contributed by atoms with van der Waals surface area (Å²) in [5.74, 6) is -1.13. The lowest BCUT2D eigenvalue weighted by Gasteiger charge is -2.22. The number of carbonyl (C=O) groups excluding carboxylic acids is 2. The lowest BCUT2D eigenvalue weighted by atomic mass is 10.2. The molecule has 6 nitrogen and oxygen atoms in total. The van der Waals surface area contributed by atoms with Crippen molar-refractivity contribution in [3.05, 3.63) is 66.0 Å². The molecule has 0 radical (unpaired) electrons. The van der Waals surface area contributed by atoms with Gasteiger partial charge in [-0.05, 0) is 29.8 Å². The summed E-state index contributed by atoms with van der Waals surface area (Å²) in [4.78, 5) is 24.9. The Balaban J connectivity index is 2.10. The van der Waals surface area contributed by atoms with E-state index in [2.05, 4.69) is 5.32 Å². The minimum atomic E-state index is -0.713. The quantitative estimate of drug-likeness (QED) is 0.585. The molecule has 7 heteroatoms. The van der Waals surface area contributed by atoms with Crippen LogP contribution in [0.5, 0.6) is 0 Å². The molecule has 0 aliphatic carbocycles. The Morgan fingerprint density at radius 2 is 1.70 bits per heavy atom. The van der Waals surface area contributed by atoms with E-state index in [4.69, 9.17) is 5.21 Å². The van der Waals surface area contributed by atoms with Crippen LogP contribution in [0.1, 0.15) is 5.56 Å². The molecule has 23 heavy (non-hydrogen) atoms. The number of halogens is 1. The van der Waals surface area contributed by atoms with E-state index in [9.17, 15) is 14.0 Å². The smallest absolute Gasteiger partial charge is 0.311 e. The maximum Gasteiger partial charge on any atom is 0.322 e. The van der Waals surface area contributed by atoms with Crippen LogP contribution in [-0.4, -0.2) is 28.6 Å². The molecular weight excluding hydrogens is 301 g/mol. The maximum atomic E-state index is 12.9. The summed E-state index contributed by atoms with van der Waals surface area (Å²) in [6, 6.07) is 13.8. The third kappa shape index (κ3) is 5.08. The van der Waals surface area contributed by atoms with Gasteiger partial charge in [0, 0.05) is 12.2 Å². The standard InChI is InChI=1S/C16H16FN3O3/c17-13-6-8-14(9-7-13)18-16(22)20(11-15(21)19-23)10-12-4-2-1-3-5-12/h1-9,23H,10-11H2,(H,18,22)(H,19,21). The molecule has 2 aromatic carbocycles. The largest absolute Gasteiger partial charge is 0.322 e. The molecular formula is C16H16FN3O3. The number of anilines is 1. The van der Waals surface area contributed by atoms with Crippen LogP contribution in [0.3, 0.4) is 0 Å². The molecule has 0 atom stereocenters. The Kier molecular flexibility index (Phi) is 5.65. The Morgan fingerprint density at radius 1 is 1.04 bits per heavy atom. The Labute approximate surface area is 132 Å². The summed E-state index contributed by atoms with van der Waals surface area (Å²) >= 11 is 0. The summed E-state index contributed by atoms with van der Waals surface area (Å²) < 4.78 is 12.9. The fourth-order valence-corrected chi connectivity index (χ4v) is 1.95. The van der Waals surface area contributed by atoms with Crippen molar-refractivity contribution in [3.8, 4) is 0 Å². The summed E-state index contributed by atoms with van der Waals surface area (Å²) in [7, 11) is 0. The van der Waals surface area contributed by atoms with E-state index < -0.39 is 17.8 Å². The first kappa shape index (κ1) is 16.4. The van der Waals surface area contributed by atoms with Crippen LogP contribution in [0.25, 0.3) is 0 Å². The molecule has 0 saturated carbocycles. The SMILES string of the molecule is O=C(CN(Cc1ccccc1)C(=O)Nc1ccc(F)cc1)NO. The van der Waals surface area contributed by atoms with Gasteiger partial charge < -0.3 is 10.2 Å². The van der Waals surface area contributed by atoms with Crippen molar-refractivity contribution in [2.75, 3.05) is 11.9 Å². The highest BCUT2D eigenvalue weighted by atomic mass is 19.1. The van der Waals surface area contributed by atoms with Crippen LogP contribution in [0, 0.1) is 5.82 Å². The Bertz CT molecular complexity index is 662. The van der Waals surface area contributed by atoms with Gasteiger partial charge in [-0.1, -0.05) is 30.3 Å². The van der Waals surface area contributed by atoms with Crippen LogP contribution in [0.15, 0.2) is 54.6 Å². The number of amides is 3. The topological polar surface area (TPSA) is 81.7 Å². The molecule has 2 rings (SSSR count). The highest BCUT2D eigenvalue weighted by Gasteiger charge is 2.17. The highest BCUT2D eigenvalue weighted by Crippen LogP contribution is 2.11. The van der Waals surface area contributed by atoms with E-state index >= 15 is 0 Å². The van der Waals surface area contributed by atoms with Crippen molar-refractivity contribution in [2.24, 2.45) is 0 Å². The minimum absolute atomic E-state index is 0.182. The van der Waals surface area contributed by atoms with E-state index in [1.807, 2.05) is 30.3 Å². The van der Waals surface area contributed by atoms with Crippen molar-refractivity contribution in [3.63, 3.8) is 0 Å². The number of hydrogen-bond acceptors (Lipinski definition) is 3. The third-order valence-electron chi connectivity index (χ3n) is 3.06. The number of hydrogen-bond donors (Lipinski definition) is 3. The molecule has 0 saturated heterocycles. The van der Waals surface area contributed by atoms with Gasteiger partial charge in [-0.2, -0.15) is 0 Å². The summed E-state index contributed by atoms with van der Waals surface area (Å²) in [5, 5.41) is 11.2. The van der Waals surface area contributed by atoms with E-state index in [1.165, 1.54) is 34.6 Å². The molecule has 0 aromatic heterocycles.